The number of carboxylic acid groups (broad SMARTS) is 1. The van der Waals surface area contributed by atoms with Crippen molar-refractivity contribution in [3.8, 4) is 5.75 Å². The van der Waals surface area contributed by atoms with Crippen LogP contribution in [-0.2, 0) is 16.0 Å². The molecule has 1 aromatic carbocycles. The van der Waals surface area contributed by atoms with E-state index in [0.29, 0.717) is 11.3 Å². The van der Waals surface area contributed by atoms with Crippen molar-refractivity contribution in [2.24, 2.45) is 5.73 Å². The van der Waals surface area contributed by atoms with Crippen molar-refractivity contribution in [1.82, 2.24) is 0 Å². The highest BCUT2D eigenvalue weighted by molar-refractivity contribution is 5.78. The van der Waals surface area contributed by atoms with Gasteiger partial charge >= 0.3 is 0 Å². The van der Waals surface area contributed by atoms with Gasteiger partial charge in [0, 0.05) is 5.56 Å². The molecule has 0 aliphatic rings. The lowest BCUT2D eigenvalue weighted by atomic mass is 10.1. The van der Waals surface area contributed by atoms with Gasteiger partial charge in [0.1, 0.15) is 11.4 Å². The summed E-state index contributed by atoms with van der Waals surface area (Å²) in [5, 5.41) is 10.8. The summed E-state index contributed by atoms with van der Waals surface area (Å²) in [5.41, 5.74) is 4.18. The van der Waals surface area contributed by atoms with E-state index < -0.39 is 17.5 Å². The van der Waals surface area contributed by atoms with Crippen LogP contribution in [-0.4, -0.2) is 17.5 Å². The Hall–Kier alpha value is -2.04. The highest BCUT2D eigenvalue weighted by Crippen LogP contribution is 2.23. The van der Waals surface area contributed by atoms with E-state index in [4.69, 9.17) is 10.5 Å². The summed E-state index contributed by atoms with van der Waals surface area (Å²) in [6.07, 6.45) is -0.000693. The lowest BCUT2D eigenvalue weighted by Crippen LogP contribution is -2.48. The van der Waals surface area contributed by atoms with Crippen LogP contribution in [0.3, 0.4) is 0 Å². The third-order valence-electron chi connectivity index (χ3n) is 2.19. The first-order valence-corrected chi connectivity index (χ1v) is 5.09. The van der Waals surface area contributed by atoms with E-state index in [1.54, 1.807) is 24.3 Å². The van der Waals surface area contributed by atoms with Gasteiger partial charge in [0.25, 0.3) is 0 Å². The Labute approximate surface area is 99.2 Å². The number of rotatable bonds is 5. The van der Waals surface area contributed by atoms with Gasteiger partial charge in [-0.05, 0) is 19.9 Å². The molecule has 0 aliphatic carbocycles. The minimum absolute atomic E-state index is 0.000693. The number of amides is 1. The van der Waals surface area contributed by atoms with Gasteiger partial charge in [0.05, 0.1) is 12.4 Å². The highest BCUT2D eigenvalue weighted by atomic mass is 16.5. The van der Waals surface area contributed by atoms with Crippen molar-refractivity contribution < 1.29 is 19.4 Å². The van der Waals surface area contributed by atoms with E-state index >= 15 is 0 Å². The van der Waals surface area contributed by atoms with Crippen molar-refractivity contribution >= 4 is 11.9 Å². The van der Waals surface area contributed by atoms with E-state index in [2.05, 4.69) is 0 Å². The number of hydrogen-bond acceptors (Lipinski definition) is 4. The van der Waals surface area contributed by atoms with Crippen molar-refractivity contribution in [2.45, 2.75) is 25.9 Å². The SMILES string of the molecule is CC(C)(Oc1ccccc1CC(N)=O)C(=O)[O-]. The van der Waals surface area contributed by atoms with Crippen LogP contribution in [0.25, 0.3) is 0 Å². The van der Waals surface area contributed by atoms with Crippen LogP contribution in [0.4, 0.5) is 0 Å². The predicted molar refractivity (Wildman–Crippen MR) is 59.1 cm³/mol. The van der Waals surface area contributed by atoms with Crippen molar-refractivity contribution in [3.05, 3.63) is 29.8 Å². The molecule has 0 spiro atoms. The molecule has 0 heterocycles. The maximum atomic E-state index is 10.9. The second-order valence-electron chi connectivity index (χ2n) is 4.15. The third-order valence-corrected chi connectivity index (χ3v) is 2.19. The summed E-state index contributed by atoms with van der Waals surface area (Å²) in [4.78, 5) is 21.7. The normalized spacial score (nSPS) is 10.9. The van der Waals surface area contributed by atoms with Crippen LogP contribution in [0.15, 0.2) is 24.3 Å². The second kappa shape index (κ2) is 4.86. The van der Waals surface area contributed by atoms with Gasteiger partial charge in [-0.25, -0.2) is 0 Å². The zero-order chi connectivity index (χ0) is 13.1. The smallest absolute Gasteiger partial charge is 0.221 e. The molecule has 2 N–H and O–H groups in total. The zero-order valence-electron chi connectivity index (χ0n) is 9.73. The highest BCUT2D eigenvalue weighted by Gasteiger charge is 2.22. The van der Waals surface area contributed by atoms with Gasteiger partial charge < -0.3 is 20.4 Å². The quantitative estimate of drug-likeness (QED) is 0.754. The summed E-state index contributed by atoms with van der Waals surface area (Å²) >= 11 is 0. The number of benzene rings is 1. The Morgan fingerprint density at radius 1 is 1.35 bits per heavy atom. The van der Waals surface area contributed by atoms with Crippen LogP contribution >= 0.6 is 0 Å². The number of nitrogens with two attached hydrogens (primary N) is 1. The molecule has 0 bridgehead atoms. The largest absolute Gasteiger partial charge is 0.546 e. The molecule has 0 atom stereocenters. The molecule has 0 aromatic heterocycles. The average molecular weight is 236 g/mol. The number of primary amides is 1. The minimum Gasteiger partial charge on any atom is -0.546 e. The number of hydrogen-bond donors (Lipinski definition) is 1. The maximum Gasteiger partial charge on any atom is 0.221 e. The van der Waals surface area contributed by atoms with Gasteiger partial charge in [-0.2, -0.15) is 0 Å². The molecule has 17 heavy (non-hydrogen) atoms. The first-order valence-electron chi connectivity index (χ1n) is 5.09. The van der Waals surface area contributed by atoms with E-state index in [9.17, 15) is 14.7 Å². The van der Waals surface area contributed by atoms with Crippen LogP contribution in [0.2, 0.25) is 0 Å². The first kappa shape index (κ1) is 13.0. The number of ether oxygens (including phenoxy) is 1. The van der Waals surface area contributed by atoms with E-state index in [1.165, 1.54) is 13.8 Å². The fraction of sp³-hybridized carbons (Fsp3) is 0.333. The molecule has 0 saturated carbocycles. The Balaban J connectivity index is 2.98. The van der Waals surface area contributed by atoms with Gasteiger partial charge in [0.2, 0.25) is 5.91 Å². The first-order chi connectivity index (χ1) is 7.83. The second-order valence-corrected chi connectivity index (χ2v) is 4.15. The van der Waals surface area contributed by atoms with Crippen molar-refractivity contribution in [1.29, 1.82) is 0 Å². The topological polar surface area (TPSA) is 92.5 Å². The van der Waals surface area contributed by atoms with Crippen LogP contribution in [0.1, 0.15) is 19.4 Å². The van der Waals surface area contributed by atoms with Gasteiger partial charge in [-0.3, -0.25) is 4.79 Å². The molecule has 5 heteroatoms. The van der Waals surface area contributed by atoms with Gasteiger partial charge in [0.15, 0.2) is 0 Å². The molecule has 1 aromatic rings. The minimum atomic E-state index is -1.46. The molecule has 0 saturated heterocycles. The predicted octanol–water partition coefficient (Wildman–Crippen LogP) is -0.378. The van der Waals surface area contributed by atoms with E-state index in [-0.39, 0.29) is 6.42 Å². The number of aliphatic carboxylic acids is 1. The molecule has 92 valence electrons. The monoisotopic (exact) mass is 236 g/mol. The molecular formula is C12H14NO4-. The molecule has 0 aliphatic heterocycles. The Kier molecular flexibility index (Phi) is 3.73. The molecule has 0 radical (unpaired) electrons. The van der Waals surface area contributed by atoms with Gasteiger partial charge in [-0.15, -0.1) is 0 Å². The molecular weight excluding hydrogens is 222 g/mol. The standard InChI is InChI=1S/C12H15NO4/c1-12(2,11(15)16)17-9-6-4-3-5-8(9)7-10(13)14/h3-6H,7H2,1-2H3,(H2,13,14)(H,15,16)/p-1. The summed E-state index contributed by atoms with van der Waals surface area (Å²) in [6, 6.07) is 6.65. The number of carbonyl (C=O) groups excluding carboxylic acids is 2. The Morgan fingerprint density at radius 2 is 1.94 bits per heavy atom. The summed E-state index contributed by atoms with van der Waals surface area (Å²) in [5.74, 6) is -1.51. The van der Waals surface area contributed by atoms with Crippen molar-refractivity contribution in [3.63, 3.8) is 0 Å². The lowest BCUT2D eigenvalue weighted by molar-refractivity contribution is -0.320. The molecule has 1 amide bonds. The average Bonchev–Trinajstić information content (AvgIpc) is 2.19. The molecule has 0 fully saturated rings. The van der Waals surface area contributed by atoms with Crippen LogP contribution < -0.4 is 15.6 Å². The van der Waals surface area contributed by atoms with E-state index in [0.717, 1.165) is 0 Å². The van der Waals surface area contributed by atoms with Crippen LogP contribution in [0, 0.1) is 0 Å². The third kappa shape index (κ3) is 3.48. The fourth-order valence-electron chi connectivity index (χ4n) is 1.25. The molecule has 5 nitrogen and oxygen atoms in total. The van der Waals surface area contributed by atoms with Gasteiger partial charge in [-0.1, -0.05) is 18.2 Å². The van der Waals surface area contributed by atoms with E-state index in [1.807, 2.05) is 0 Å². The summed E-state index contributed by atoms with van der Waals surface area (Å²) < 4.78 is 5.33. The maximum absolute atomic E-state index is 10.9. The fourth-order valence-corrected chi connectivity index (χ4v) is 1.25. The number of para-hydroxylation sites is 1. The van der Waals surface area contributed by atoms with Crippen LogP contribution in [0.5, 0.6) is 5.75 Å². The summed E-state index contributed by atoms with van der Waals surface area (Å²) in [6.45, 7) is 2.76. The molecule has 0 unspecified atom stereocenters. The molecule has 1 rings (SSSR count). The Morgan fingerprint density at radius 3 is 2.47 bits per heavy atom. The number of carboxylic acids is 1. The zero-order valence-corrected chi connectivity index (χ0v) is 9.73. The van der Waals surface area contributed by atoms with Crippen molar-refractivity contribution in [2.75, 3.05) is 0 Å². The summed E-state index contributed by atoms with van der Waals surface area (Å²) in [7, 11) is 0. The number of carbonyl (C=O) groups is 2. The lowest BCUT2D eigenvalue weighted by Gasteiger charge is -2.28. The Bertz CT molecular complexity index is 440.